The van der Waals surface area contributed by atoms with E-state index in [0.29, 0.717) is 16.6 Å². The van der Waals surface area contributed by atoms with E-state index in [4.69, 9.17) is 17.3 Å². The number of H-pyrrole nitrogens is 1. The molecule has 3 N–H and O–H groups in total. The maximum atomic E-state index is 11.0. The van der Waals surface area contributed by atoms with Gasteiger partial charge in [0.15, 0.2) is 0 Å². The largest absolute Gasteiger partial charge is 0.364 e. The summed E-state index contributed by atoms with van der Waals surface area (Å²) < 4.78 is 0. The van der Waals surface area contributed by atoms with Crippen molar-refractivity contribution >= 4 is 28.4 Å². The lowest BCUT2D eigenvalue weighted by molar-refractivity contribution is 0.0995. The maximum Gasteiger partial charge on any atom is 0.268 e. The highest BCUT2D eigenvalue weighted by Crippen LogP contribution is 2.32. The highest BCUT2D eigenvalue weighted by atomic mass is 35.5. The second-order valence-electron chi connectivity index (χ2n) is 5.45. The van der Waals surface area contributed by atoms with Crippen LogP contribution in [0.3, 0.4) is 0 Å². The Balaban J connectivity index is 2.09. The lowest BCUT2D eigenvalue weighted by Gasteiger charge is -2.04. The van der Waals surface area contributed by atoms with Gasteiger partial charge in [-0.2, -0.15) is 0 Å². The molecule has 3 aromatic rings. The van der Waals surface area contributed by atoms with E-state index < -0.39 is 5.91 Å². The number of hydrogen-bond donors (Lipinski definition) is 2. The van der Waals surface area contributed by atoms with Crippen molar-refractivity contribution in [3.8, 4) is 11.3 Å². The molecular formula is C16H15ClN4O. The summed E-state index contributed by atoms with van der Waals surface area (Å²) in [6.45, 7) is 4.25. The van der Waals surface area contributed by atoms with Gasteiger partial charge in [-0.15, -0.1) is 0 Å². The van der Waals surface area contributed by atoms with Gasteiger partial charge in [0.05, 0.1) is 23.1 Å². The molecule has 0 radical (unpaired) electrons. The molecule has 0 spiro atoms. The molecule has 0 unspecified atom stereocenters. The number of fused-ring (bicyclic) bond motifs is 1. The number of hydrogen-bond acceptors (Lipinski definition) is 3. The molecule has 5 nitrogen and oxygen atoms in total. The second-order valence-corrected chi connectivity index (χ2v) is 5.86. The van der Waals surface area contributed by atoms with Crippen LogP contribution in [0.2, 0.25) is 5.02 Å². The number of nitrogens with zero attached hydrogens (tertiary/aromatic N) is 2. The number of rotatable bonds is 3. The van der Waals surface area contributed by atoms with Gasteiger partial charge in [-0.3, -0.25) is 9.78 Å². The van der Waals surface area contributed by atoms with E-state index in [1.165, 1.54) is 12.4 Å². The Kier molecular flexibility index (Phi) is 3.58. The molecule has 112 valence electrons. The van der Waals surface area contributed by atoms with Crippen molar-refractivity contribution in [3.05, 3.63) is 47.0 Å². The molecular weight excluding hydrogens is 300 g/mol. The molecule has 0 aliphatic carbocycles. The van der Waals surface area contributed by atoms with Crippen LogP contribution < -0.4 is 5.73 Å². The van der Waals surface area contributed by atoms with Crippen molar-refractivity contribution in [2.45, 2.75) is 19.8 Å². The summed E-state index contributed by atoms with van der Waals surface area (Å²) in [6.07, 6.45) is 2.85. The van der Waals surface area contributed by atoms with Crippen LogP contribution in [-0.4, -0.2) is 20.9 Å². The van der Waals surface area contributed by atoms with Gasteiger partial charge in [0, 0.05) is 22.2 Å². The van der Waals surface area contributed by atoms with Gasteiger partial charge >= 0.3 is 0 Å². The monoisotopic (exact) mass is 314 g/mol. The van der Waals surface area contributed by atoms with Crippen LogP contribution in [0.5, 0.6) is 0 Å². The fraction of sp³-hybridized carbons (Fsp3) is 0.188. The third-order valence-corrected chi connectivity index (χ3v) is 3.84. The number of primary amides is 1. The Labute approximate surface area is 132 Å². The second kappa shape index (κ2) is 5.42. The molecule has 6 heteroatoms. The molecule has 2 aromatic heterocycles. The maximum absolute atomic E-state index is 11.0. The Hall–Kier alpha value is -2.40. The molecule has 0 saturated heterocycles. The molecule has 0 fully saturated rings. The van der Waals surface area contributed by atoms with Gasteiger partial charge < -0.3 is 10.7 Å². The van der Waals surface area contributed by atoms with Crippen LogP contribution >= 0.6 is 11.6 Å². The summed E-state index contributed by atoms with van der Waals surface area (Å²) in [5.41, 5.74) is 8.79. The minimum absolute atomic E-state index is 0.128. The molecule has 0 bridgehead atoms. The summed E-state index contributed by atoms with van der Waals surface area (Å²) >= 11 is 6.36. The summed E-state index contributed by atoms with van der Waals surface area (Å²) in [4.78, 5) is 22.6. The van der Waals surface area contributed by atoms with E-state index in [-0.39, 0.29) is 5.69 Å². The summed E-state index contributed by atoms with van der Waals surface area (Å²) in [6, 6.07) is 5.94. The molecule has 2 heterocycles. The number of amides is 1. The number of carbonyl (C=O) groups is 1. The molecule has 0 aliphatic rings. The number of benzene rings is 1. The van der Waals surface area contributed by atoms with Crippen LogP contribution in [0.25, 0.3) is 22.2 Å². The fourth-order valence-electron chi connectivity index (χ4n) is 2.28. The highest BCUT2D eigenvalue weighted by Gasteiger charge is 2.12. The standard InChI is InChI=1S/C16H15ClN4O/c1-8(2)12-4-9-3-11(17)10(5-13(9)21-12)14-6-20-15(7-19-14)16(18)22/h3-8,21H,1-2H3,(H2,18,22). The van der Waals surface area contributed by atoms with E-state index >= 15 is 0 Å². The van der Waals surface area contributed by atoms with Crippen molar-refractivity contribution in [2.24, 2.45) is 5.73 Å². The fourth-order valence-corrected chi connectivity index (χ4v) is 2.55. The first kappa shape index (κ1) is 14.5. The Morgan fingerprint density at radius 3 is 2.59 bits per heavy atom. The average Bonchev–Trinajstić information content (AvgIpc) is 2.89. The number of nitrogens with two attached hydrogens (primary N) is 1. The molecule has 22 heavy (non-hydrogen) atoms. The lowest BCUT2D eigenvalue weighted by atomic mass is 10.1. The smallest absolute Gasteiger partial charge is 0.268 e. The van der Waals surface area contributed by atoms with Gasteiger partial charge in [0.2, 0.25) is 0 Å². The van der Waals surface area contributed by atoms with Crippen molar-refractivity contribution in [1.82, 2.24) is 15.0 Å². The van der Waals surface area contributed by atoms with Crippen LogP contribution in [0.1, 0.15) is 35.9 Å². The Morgan fingerprint density at radius 2 is 2.00 bits per heavy atom. The predicted octanol–water partition coefficient (Wildman–Crippen LogP) is 3.50. The van der Waals surface area contributed by atoms with Gasteiger partial charge in [-0.25, -0.2) is 4.98 Å². The van der Waals surface area contributed by atoms with E-state index in [1.807, 2.05) is 12.1 Å². The Bertz CT molecular complexity index is 852. The molecule has 3 rings (SSSR count). The minimum Gasteiger partial charge on any atom is -0.364 e. The third kappa shape index (κ3) is 2.55. The number of carbonyl (C=O) groups excluding carboxylic acids is 1. The lowest BCUT2D eigenvalue weighted by Crippen LogP contribution is -2.13. The summed E-state index contributed by atoms with van der Waals surface area (Å²) in [7, 11) is 0. The molecule has 0 atom stereocenters. The molecule has 1 aromatic carbocycles. The number of aromatic nitrogens is 3. The van der Waals surface area contributed by atoms with Gasteiger partial charge in [0.1, 0.15) is 5.69 Å². The van der Waals surface area contributed by atoms with E-state index in [1.54, 1.807) is 0 Å². The predicted molar refractivity (Wildman–Crippen MR) is 86.9 cm³/mol. The minimum atomic E-state index is -0.605. The van der Waals surface area contributed by atoms with Crippen LogP contribution in [0, 0.1) is 0 Å². The Morgan fingerprint density at radius 1 is 1.23 bits per heavy atom. The van der Waals surface area contributed by atoms with E-state index in [2.05, 4.69) is 34.9 Å². The van der Waals surface area contributed by atoms with Gasteiger partial charge in [-0.05, 0) is 24.1 Å². The van der Waals surface area contributed by atoms with Gasteiger partial charge in [-0.1, -0.05) is 25.4 Å². The van der Waals surface area contributed by atoms with Crippen molar-refractivity contribution < 1.29 is 4.79 Å². The first-order chi connectivity index (χ1) is 10.5. The zero-order chi connectivity index (χ0) is 15.9. The molecule has 1 amide bonds. The number of halogens is 1. The third-order valence-electron chi connectivity index (χ3n) is 3.53. The molecule has 0 aliphatic heterocycles. The van der Waals surface area contributed by atoms with E-state index in [9.17, 15) is 4.79 Å². The quantitative estimate of drug-likeness (QED) is 0.776. The zero-order valence-electron chi connectivity index (χ0n) is 12.2. The number of nitrogens with one attached hydrogen (secondary N) is 1. The van der Waals surface area contributed by atoms with Crippen LogP contribution in [0.15, 0.2) is 30.6 Å². The highest BCUT2D eigenvalue weighted by molar-refractivity contribution is 6.34. The van der Waals surface area contributed by atoms with Crippen LogP contribution in [-0.2, 0) is 0 Å². The van der Waals surface area contributed by atoms with E-state index in [0.717, 1.165) is 22.2 Å². The molecule has 0 saturated carbocycles. The first-order valence-corrected chi connectivity index (χ1v) is 7.28. The first-order valence-electron chi connectivity index (χ1n) is 6.90. The summed E-state index contributed by atoms with van der Waals surface area (Å²) in [5, 5.41) is 1.64. The topological polar surface area (TPSA) is 84.7 Å². The van der Waals surface area contributed by atoms with Crippen molar-refractivity contribution in [3.63, 3.8) is 0 Å². The SMILES string of the molecule is CC(C)c1cc2cc(Cl)c(-c3cnc(C(N)=O)cn3)cc2[nH]1. The normalized spacial score (nSPS) is 11.3. The number of aromatic amines is 1. The van der Waals surface area contributed by atoms with Crippen molar-refractivity contribution in [2.75, 3.05) is 0 Å². The summed E-state index contributed by atoms with van der Waals surface area (Å²) in [5.74, 6) is -0.198. The van der Waals surface area contributed by atoms with Crippen LogP contribution in [0.4, 0.5) is 0 Å². The van der Waals surface area contributed by atoms with Gasteiger partial charge in [0.25, 0.3) is 5.91 Å². The zero-order valence-corrected chi connectivity index (χ0v) is 13.0. The average molecular weight is 315 g/mol. The van der Waals surface area contributed by atoms with Crippen molar-refractivity contribution in [1.29, 1.82) is 0 Å².